The van der Waals surface area contributed by atoms with Gasteiger partial charge in [-0.05, 0) is 38.7 Å². The number of methoxy groups -OCH3 is 1. The minimum Gasteiger partial charge on any atom is -0.494 e. The molecule has 12 heteroatoms. The first kappa shape index (κ1) is 25.1. The lowest BCUT2D eigenvalue weighted by Gasteiger charge is -2.25. The topological polar surface area (TPSA) is 108 Å². The fraction of sp³-hybridized carbons (Fsp3) is 0.500. The molecule has 0 aromatic heterocycles. The Morgan fingerprint density at radius 3 is 2.47 bits per heavy atom. The monoisotopic (exact) mass is 588 g/mol. The fourth-order valence-corrected chi connectivity index (χ4v) is 5.72. The van der Waals surface area contributed by atoms with Crippen LogP contribution in [0.1, 0.15) is 32.6 Å². The van der Waals surface area contributed by atoms with Crippen LogP contribution in [-0.4, -0.2) is 46.6 Å². The summed E-state index contributed by atoms with van der Waals surface area (Å²) in [5, 5.41) is 21.3. The van der Waals surface area contributed by atoms with Crippen molar-refractivity contribution in [3.05, 3.63) is 41.4 Å². The number of aliphatic hydroxyl groups is 2. The molecular formula is C20H24F3IN2O5S. The molecule has 32 heavy (non-hydrogen) atoms. The van der Waals surface area contributed by atoms with Gasteiger partial charge in [0.05, 0.1) is 30.3 Å². The van der Waals surface area contributed by atoms with Gasteiger partial charge >= 0.3 is 0 Å². The summed E-state index contributed by atoms with van der Waals surface area (Å²) in [5.74, 6) is -3.74. The molecule has 0 saturated heterocycles. The van der Waals surface area contributed by atoms with Crippen molar-refractivity contribution in [2.75, 3.05) is 23.8 Å². The van der Waals surface area contributed by atoms with Crippen LogP contribution in [-0.2, 0) is 10.0 Å². The molecule has 178 valence electrons. The van der Waals surface area contributed by atoms with Gasteiger partial charge in [0.1, 0.15) is 23.0 Å². The molecule has 0 bridgehead atoms. The molecule has 1 fully saturated rings. The maximum Gasteiger partial charge on any atom is 0.238 e. The number of aliphatic hydroxyl groups excluding tert-OH is 2. The standard InChI is InChI=1S/C20H24F3IN2O5S/c1-19(24)4-3-14(13(22)9-19)25-18-16(23)12(21)7-15(31-2)17(18)26-32(29,30)20(5-6-20)8-11(28)10-27/h3,7,9,11,25-28H,4-6,8,10H2,1-2H3/t11-,19?/m0/s1. The number of allylic oxidation sites excluding steroid dienone is 3. The molecular weight excluding hydrogens is 564 g/mol. The van der Waals surface area contributed by atoms with Crippen molar-refractivity contribution in [2.45, 2.75) is 46.9 Å². The SMILES string of the molecule is COc1cc(F)c(F)c(NC2=CCC(C)(I)C=C2F)c1NS(=O)(=O)C1(C[C@H](O)CO)CC1. The summed E-state index contributed by atoms with van der Waals surface area (Å²) in [4.78, 5) is 0. The number of hydrogen-bond acceptors (Lipinski definition) is 6. The van der Waals surface area contributed by atoms with Crippen LogP contribution >= 0.6 is 22.6 Å². The van der Waals surface area contributed by atoms with Gasteiger partial charge in [0.25, 0.3) is 0 Å². The van der Waals surface area contributed by atoms with Crippen LogP contribution in [0.4, 0.5) is 24.5 Å². The number of hydrogen-bond donors (Lipinski definition) is 4. The van der Waals surface area contributed by atoms with Crippen molar-refractivity contribution < 1.29 is 36.5 Å². The van der Waals surface area contributed by atoms with Crippen LogP contribution in [0.5, 0.6) is 5.75 Å². The Kier molecular flexibility index (Phi) is 7.09. The number of ether oxygens (including phenoxy) is 1. The quantitative estimate of drug-likeness (QED) is 0.259. The van der Waals surface area contributed by atoms with Crippen molar-refractivity contribution in [2.24, 2.45) is 0 Å². The van der Waals surface area contributed by atoms with E-state index in [1.54, 1.807) is 6.92 Å². The van der Waals surface area contributed by atoms with Gasteiger partial charge in [0.2, 0.25) is 10.0 Å². The smallest absolute Gasteiger partial charge is 0.238 e. The summed E-state index contributed by atoms with van der Waals surface area (Å²) in [7, 11) is -3.07. The van der Waals surface area contributed by atoms with Gasteiger partial charge < -0.3 is 20.3 Å². The number of anilines is 2. The number of rotatable bonds is 9. The Labute approximate surface area is 197 Å². The molecule has 0 amide bonds. The average molecular weight is 588 g/mol. The Morgan fingerprint density at radius 2 is 1.94 bits per heavy atom. The second-order valence-corrected chi connectivity index (χ2v) is 12.7. The summed E-state index contributed by atoms with van der Waals surface area (Å²) >= 11 is 2.05. The number of benzene rings is 1. The average Bonchev–Trinajstić information content (AvgIpc) is 3.49. The lowest BCUT2D eigenvalue weighted by Crippen LogP contribution is -2.34. The fourth-order valence-electron chi connectivity index (χ4n) is 3.49. The van der Waals surface area contributed by atoms with E-state index in [0.717, 1.165) is 7.11 Å². The zero-order valence-corrected chi connectivity index (χ0v) is 20.4. The van der Waals surface area contributed by atoms with Gasteiger partial charge in [-0.2, -0.15) is 0 Å². The van der Waals surface area contributed by atoms with Crippen LogP contribution in [0.15, 0.2) is 29.7 Å². The zero-order chi connectivity index (χ0) is 23.9. The van der Waals surface area contributed by atoms with Gasteiger partial charge in [-0.1, -0.05) is 28.7 Å². The van der Waals surface area contributed by atoms with E-state index in [0.29, 0.717) is 12.5 Å². The lowest BCUT2D eigenvalue weighted by molar-refractivity contribution is 0.0858. The molecule has 3 rings (SSSR count). The Balaban J connectivity index is 2.02. The first-order valence-corrected chi connectivity index (χ1v) is 12.3. The molecule has 7 nitrogen and oxygen atoms in total. The summed E-state index contributed by atoms with van der Waals surface area (Å²) in [6.07, 6.45) is 2.13. The molecule has 1 saturated carbocycles. The molecule has 0 aliphatic heterocycles. The maximum atomic E-state index is 14.8. The van der Waals surface area contributed by atoms with E-state index in [9.17, 15) is 26.7 Å². The first-order chi connectivity index (χ1) is 14.8. The van der Waals surface area contributed by atoms with Gasteiger partial charge in [0, 0.05) is 9.49 Å². The molecule has 4 N–H and O–H groups in total. The number of nitrogens with one attached hydrogen (secondary N) is 2. The van der Waals surface area contributed by atoms with Crippen LogP contribution < -0.4 is 14.8 Å². The van der Waals surface area contributed by atoms with Crippen molar-refractivity contribution in [1.29, 1.82) is 0 Å². The van der Waals surface area contributed by atoms with E-state index >= 15 is 0 Å². The third-order valence-electron chi connectivity index (χ3n) is 5.49. The van der Waals surface area contributed by atoms with E-state index < -0.39 is 59.7 Å². The molecule has 1 aromatic rings. The summed E-state index contributed by atoms with van der Waals surface area (Å²) in [5.41, 5.74) is -1.19. The zero-order valence-electron chi connectivity index (χ0n) is 17.4. The van der Waals surface area contributed by atoms with Crippen LogP contribution in [0.25, 0.3) is 0 Å². The Morgan fingerprint density at radius 1 is 1.28 bits per heavy atom. The molecule has 2 aliphatic carbocycles. The third kappa shape index (κ3) is 5.02. The van der Waals surface area contributed by atoms with Gasteiger partial charge in [-0.3, -0.25) is 4.72 Å². The molecule has 1 aromatic carbocycles. The first-order valence-electron chi connectivity index (χ1n) is 9.77. The van der Waals surface area contributed by atoms with Crippen LogP contribution in [0, 0.1) is 11.6 Å². The number of sulfonamides is 1. The molecule has 2 atom stereocenters. The Hall–Kier alpha value is -1.51. The van der Waals surface area contributed by atoms with Crippen molar-refractivity contribution in [1.82, 2.24) is 0 Å². The van der Waals surface area contributed by atoms with Gasteiger partial charge in [-0.15, -0.1) is 0 Å². The van der Waals surface area contributed by atoms with Gasteiger partial charge in [-0.25, -0.2) is 21.6 Å². The highest BCUT2D eigenvalue weighted by atomic mass is 127. The highest BCUT2D eigenvalue weighted by Crippen LogP contribution is 2.50. The van der Waals surface area contributed by atoms with Gasteiger partial charge in [0.15, 0.2) is 11.6 Å². The summed E-state index contributed by atoms with van der Waals surface area (Å²) in [6.45, 7) is 1.18. The second-order valence-electron chi connectivity index (χ2n) is 8.17. The van der Waals surface area contributed by atoms with Crippen molar-refractivity contribution in [3.63, 3.8) is 0 Å². The van der Waals surface area contributed by atoms with Crippen molar-refractivity contribution in [3.8, 4) is 5.75 Å². The summed E-state index contributed by atoms with van der Waals surface area (Å²) < 4.78 is 75.2. The molecule has 2 aliphatic rings. The van der Waals surface area contributed by atoms with E-state index in [4.69, 9.17) is 9.84 Å². The van der Waals surface area contributed by atoms with E-state index in [1.807, 2.05) is 0 Å². The van der Waals surface area contributed by atoms with E-state index in [2.05, 4.69) is 32.6 Å². The predicted molar refractivity (Wildman–Crippen MR) is 123 cm³/mol. The normalized spacial score (nSPS) is 23.1. The predicted octanol–water partition coefficient (Wildman–Crippen LogP) is 3.74. The summed E-state index contributed by atoms with van der Waals surface area (Å²) in [6, 6.07) is 0.684. The molecule has 0 heterocycles. The third-order valence-corrected chi connectivity index (χ3v) is 8.43. The lowest BCUT2D eigenvalue weighted by atomic mass is 10.0. The maximum absolute atomic E-state index is 14.8. The molecule has 1 unspecified atom stereocenters. The highest BCUT2D eigenvalue weighted by molar-refractivity contribution is 14.1. The molecule has 0 radical (unpaired) electrons. The number of alkyl halides is 1. The van der Waals surface area contributed by atoms with Crippen LogP contribution in [0.3, 0.4) is 0 Å². The van der Waals surface area contributed by atoms with E-state index in [-0.39, 0.29) is 30.7 Å². The van der Waals surface area contributed by atoms with Crippen LogP contribution in [0.2, 0.25) is 0 Å². The Bertz CT molecular complexity index is 1070. The van der Waals surface area contributed by atoms with E-state index in [1.165, 1.54) is 12.2 Å². The molecule has 0 spiro atoms. The largest absolute Gasteiger partial charge is 0.494 e. The second kappa shape index (κ2) is 9.03. The minimum atomic E-state index is -4.22. The minimum absolute atomic E-state index is 0.136. The number of halogens is 4. The highest BCUT2D eigenvalue weighted by Gasteiger charge is 2.55. The van der Waals surface area contributed by atoms with Crippen molar-refractivity contribution >= 4 is 44.0 Å².